The minimum absolute atomic E-state index is 0.254. The van der Waals surface area contributed by atoms with Gasteiger partial charge in [-0.2, -0.15) is 4.57 Å². The maximum atomic E-state index is 11.7. The highest BCUT2D eigenvalue weighted by molar-refractivity contribution is 7.90. The van der Waals surface area contributed by atoms with Crippen LogP contribution in [0.25, 0.3) is 0 Å². The first kappa shape index (κ1) is 16.9. The summed E-state index contributed by atoms with van der Waals surface area (Å²) in [4.78, 5) is 0.254. The molecule has 0 spiro atoms. The molecule has 4 rings (SSSR count). The molecule has 5 heteroatoms. The summed E-state index contributed by atoms with van der Waals surface area (Å²) in [5.74, 6) is 0. The zero-order valence-electron chi connectivity index (χ0n) is 14.4. The van der Waals surface area contributed by atoms with Gasteiger partial charge < -0.3 is 5.11 Å². The van der Waals surface area contributed by atoms with E-state index in [0.29, 0.717) is 12.0 Å². The number of rotatable bonds is 3. The van der Waals surface area contributed by atoms with Gasteiger partial charge >= 0.3 is 0 Å². The largest absolute Gasteiger partial charge is 0.377 e. The highest BCUT2D eigenvalue weighted by atomic mass is 32.2. The van der Waals surface area contributed by atoms with E-state index in [1.54, 1.807) is 24.3 Å². The number of benzene rings is 2. The van der Waals surface area contributed by atoms with Crippen molar-refractivity contribution in [2.24, 2.45) is 0 Å². The zero-order chi connectivity index (χ0) is 18.4. The van der Waals surface area contributed by atoms with Crippen LogP contribution in [0.4, 0.5) is 0 Å². The van der Waals surface area contributed by atoms with Crippen LogP contribution in [0.15, 0.2) is 83.9 Å². The summed E-state index contributed by atoms with van der Waals surface area (Å²) in [6, 6.07) is 22.1. The summed E-state index contributed by atoms with van der Waals surface area (Å²) < 4.78 is 25.6. The Morgan fingerprint density at radius 2 is 1.62 bits per heavy atom. The van der Waals surface area contributed by atoms with E-state index >= 15 is 0 Å². The minimum atomic E-state index is -3.27. The molecule has 1 aromatic heterocycles. The summed E-state index contributed by atoms with van der Waals surface area (Å²) >= 11 is 0. The fourth-order valence-corrected chi connectivity index (χ4v) is 4.45. The molecule has 1 aliphatic heterocycles. The van der Waals surface area contributed by atoms with E-state index in [0.717, 1.165) is 11.3 Å². The number of hydrogen-bond donors (Lipinski definition) is 1. The van der Waals surface area contributed by atoms with E-state index in [2.05, 4.69) is 4.57 Å². The minimum Gasteiger partial charge on any atom is -0.377 e. The average Bonchev–Trinajstić information content (AvgIpc) is 2.95. The van der Waals surface area contributed by atoms with Crippen molar-refractivity contribution >= 4 is 9.84 Å². The lowest BCUT2D eigenvalue weighted by Gasteiger charge is -2.26. The van der Waals surface area contributed by atoms with Crippen molar-refractivity contribution in [1.29, 1.82) is 0 Å². The van der Waals surface area contributed by atoms with Crippen LogP contribution in [0.3, 0.4) is 0 Å². The van der Waals surface area contributed by atoms with Crippen molar-refractivity contribution in [3.05, 3.63) is 95.8 Å². The Hall–Kier alpha value is -2.50. The zero-order valence-corrected chi connectivity index (χ0v) is 15.2. The molecule has 4 nitrogen and oxygen atoms in total. The Bertz CT molecular complexity index is 1050. The van der Waals surface area contributed by atoms with E-state index in [-0.39, 0.29) is 10.9 Å². The van der Waals surface area contributed by atoms with Crippen LogP contribution < -0.4 is 4.57 Å². The molecule has 1 N–H and O–H groups in total. The molecule has 26 heavy (non-hydrogen) atoms. The van der Waals surface area contributed by atoms with Crippen molar-refractivity contribution < 1.29 is 18.1 Å². The fraction of sp³-hybridized carbons (Fsp3) is 0.190. The molecule has 0 saturated carbocycles. The van der Waals surface area contributed by atoms with Gasteiger partial charge in [-0.1, -0.05) is 48.5 Å². The topological polar surface area (TPSA) is 58.3 Å². The van der Waals surface area contributed by atoms with Crippen LogP contribution in [-0.4, -0.2) is 19.8 Å². The van der Waals surface area contributed by atoms with E-state index in [9.17, 15) is 13.5 Å². The van der Waals surface area contributed by atoms with E-state index in [1.165, 1.54) is 6.26 Å². The number of aliphatic hydroxyl groups is 1. The van der Waals surface area contributed by atoms with Crippen molar-refractivity contribution in [3.63, 3.8) is 0 Å². The van der Waals surface area contributed by atoms with Crippen molar-refractivity contribution in [1.82, 2.24) is 0 Å². The molecule has 0 fully saturated rings. The molecule has 2 heterocycles. The number of nitrogens with zero attached hydrogens (tertiary/aromatic N) is 1. The Labute approximate surface area is 153 Å². The molecule has 1 aliphatic rings. The summed E-state index contributed by atoms with van der Waals surface area (Å²) in [5, 5.41) is 11.7. The SMILES string of the molecule is CS(=O)(=O)c1ccc([C@]2(O)Cc3cccc[n+]3[C@@H]2c2ccccc2)cc1. The summed E-state index contributed by atoms with van der Waals surface area (Å²) in [7, 11) is -3.27. The predicted molar refractivity (Wildman–Crippen MR) is 98.4 cm³/mol. The average molecular weight is 366 g/mol. The lowest BCUT2D eigenvalue weighted by atomic mass is 9.82. The van der Waals surface area contributed by atoms with Crippen LogP contribution in [0.5, 0.6) is 0 Å². The number of fused-ring (bicyclic) bond motifs is 1. The first-order valence-corrected chi connectivity index (χ1v) is 10.4. The fourth-order valence-electron chi connectivity index (χ4n) is 3.82. The molecule has 0 aliphatic carbocycles. The van der Waals surface area contributed by atoms with Crippen LogP contribution in [0, 0.1) is 0 Å². The van der Waals surface area contributed by atoms with Crippen molar-refractivity contribution in [2.75, 3.05) is 6.26 Å². The lowest BCUT2D eigenvalue weighted by Crippen LogP contribution is -2.46. The number of pyridine rings is 1. The molecular formula is C21H20NO3S+. The Balaban J connectivity index is 1.86. The van der Waals surface area contributed by atoms with Crippen LogP contribution in [-0.2, 0) is 21.9 Å². The second-order valence-electron chi connectivity index (χ2n) is 6.81. The molecule has 0 unspecified atom stereocenters. The molecule has 2 atom stereocenters. The Kier molecular flexibility index (Phi) is 3.93. The van der Waals surface area contributed by atoms with Crippen LogP contribution >= 0.6 is 0 Å². The van der Waals surface area contributed by atoms with Gasteiger partial charge in [0.2, 0.25) is 6.04 Å². The number of sulfone groups is 1. The van der Waals surface area contributed by atoms with E-state index in [1.807, 2.05) is 54.7 Å². The summed E-state index contributed by atoms with van der Waals surface area (Å²) in [6.45, 7) is 0. The van der Waals surface area contributed by atoms with Crippen LogP contribution in [0.2, 0.25) is 0 Å². The number of aromatic nitrogens is 1. The second kappa shape index (κ2) is 6.04. The molecular weight excluding hydrogens is 346 g/mol. The first-order chi connectivity index (χ1) is 12.4. The molecule has 0 saturated heterocycles. The molecule has 0 bridgehead atoms. The van der Waals surface area contributed by atoms with Crippen molar-refractivity contribution in [3.8, 4) is 0 Å². The van der Waals surface area contributed by atoms with Crippen molar-refractivity contribution in [2.45, 2.75) is 23.0 Å². The third-order valence-electron chi connectivity index (χ3n) is 5.06. The van der Waals surface area contributed by atoms with Gasteiger partial charge in [-0.3, -0.25) is 0 Å². The van der Waals surface area contributed by atoms with Gasteiger partial charge in [0.05, 0.1) is 11.3 Å². The van der Waals surface area contributed by atoms with E-state index < -0.39 is 15.4 Å². The standard InChI is InChI=1S/C21H20NO3S/c1-26(24,25)19-12-10-17(11-13-19)21(23)15-18-9-5-6-14-22(18)20(21)16-7-3-2-4-8-16/h2-14,20,23H,15H2,1H3/q+1/t20-,21-/m1/s1. The predicted octanol–water partition coefficient (Wildman–Crippen LogP) is 2.41. The molecule has 0 amide bonds. The molecule has 2 aromatic carbocycles. The monoisotopic (exact) mass is 366 g/mol. The second-order valence-corrected chi connectivity index (χ2v) is 8.83. The first-order valence-electron chi connectivity index (χ1n) is 8.46. The highest BCUT2D eigenvalue weighted by Gasteiger charge is 2.53. The Morgan fingerprint density at radius 1 is 0.962 bits per heavy atom. The maximum absolute atomic E-state index is 11.7. The summed E-state index contributed by atoms with van der Waals surface area (Å²) in [5.41, 5.74) is 1.61. The van der Waals surface area contributed by atoms with Gasteiger partial charge in [0, 0.05) is 24.0 Å². The Morgan fingerprint density at radius 3 is 2.27 bits per heavy atom. The third kappa shape index (κ3) is 2.73. The normalized spacial score (nSPS) is 22.2. The maximum Gasteiger partial charge on any atom is 0.216 e. The third-order valence-corrected chi connectivity index (χ3v) is 6.19. The van der Waals surface area contributed by atoms with Crippen LogP contribution in [0.1, 0.15) is 22.9 Å². The van der Waals surface area contributed by atoms with Gasteiger partial charge in [-0.25, -0.2) is 8.42 Å². The van der Waals surface area contributed by atoms with Gasteiger partial charge in [0.15, 0.2) is 27.3 Å². The van der Waals surface area contributed by atoms with Gasteiger partial charge in [0.25, 0.3) is 0 Å². The lowest BCUT2D eigenvalue weighted by molar-refractivity contribution is -0.717. The van der Waals surface area contributed by atoms with Gasteiger partial charge in [0.1, 0.15) is 0 Å². The van der Waals surface area contributed by atoms with Gasteiger partial charge in [-0.15, -0.1) is 0 Å². The van der Waals surface area contributed by atoms with Gasteiger partial charge in [-0.05, 0) is 17.7 Å². The molecule has 0 radical (unpaired) electrons. The summed E-state index contributed by atoms with van der Waals surface area (Å²) in [6.07, 6.45) is 3.63. The number of hydrogen-bond acceptors (Lipinski definition) is 3. The van der Waals surface area contributed by atoms with E-state index in [4.69, 9.17) is 0 Å². The quantitative estimate of drug-likeness (QED) is 0.724. The highest BCUT2D eigenvalue weighted by Crippen LogP contribution is 2.41. The molecule has 3 aromatic rings. The smallest absolute Gasteiger partial charge is 0.216 e. The molecule has 132 valence electrons.